The van der Waals surface area contributed by atoms with Crippen LogP contribution < -0.4 is 21.2 Å². The summed E-state index contributed by atoms with van der Waals surface area (Å²) in [5.74, 6) is 0. The Hall–Kier alpha value is -1.26. The second-order valence-electron chi connectivity index (χ2n) is 7.00. The normalized spacial score (nSPS) is 10.7. The van der Waals surface area contributed by atoms with Gasteiger partial charge in [0, 0.05) is 29.6 Å². The molecule has 0 fully saturated rings. The van der Waals surface area contributed by atoms with Crippen LogP contribution in [-0.4, -0.2) is 41.9 Å². The summed E-state index contributed by atoms with van der Waals surface area (Å²) in [5.41, 5.74) is 0. The van der Waals surface area contributed by atoms with Crippen LogP contribution in [0.4, 0.5) is 0 Å². The van der Waals surface area contributed by atoms with Crippen LogP contribution in [0.2, 0.25) is 0 Å². The Labute approximate surface area is 205 Å². The topological polar surface area (TPSA) is 0 Å². The third-order valence-corrected chi connectivity index (χ3v) is 10.2. The molecule has 0 nitrogen and oxygen atoms in total. The molecule has 0 unspecified atom stereocenters. The molecule has 0 aliphatic rings. The van der Waals surface area contributed by atoms with Crippen molar-refractivity contribution in [2.45, 2.75) is 6.42 Å². The monoisotopic (exact) mass is 435 g/mol. The zero-order valence-electron chi connectivity index (χ0n) is 17.6. The largest absolute Gasteiger partial charge is 0.0622 e. The van der Waals surface area contributed by atoms with E-state index in [9.17, 15) is 0 Å². The first-order valence-corrected chi connectivity index (χ1v) is 13.2. The molecule has 0 N–H and O–H groups in total. The van der Waals surface area contributed by atoms with Crippen molar-refractivity contribution in [2.24, 2.45) is 0 Å². The summed E-state index contributed by atoms with van der Waals surface area (Å²) in [7, 11) is -0.618. The fourth-order valence-corrected chi connectivity index (χ4v) is 8.59. The second-order valence-corrected chi connectivity index (χ2v) is 11.7. The van der Waals surface area contributed by atoms with Gasteiger partial charge in [-0.2, -0.15) is 0 Å². The molecular weight excluding hydrogens is 409 g/mol. The van der Waals surface area contributed by atoms with Crippen LogP contribution in [0.3, 0.4) is 0 Å². The summed E-state index contributed by atoms with van der Waals surface area (Å²) in [4.78, 5) is 0. The molecule has 0 spiro atoms. The Balaban J connectivity index is 0.00000256. The van der Waals surface area contributed by atoms with E-state index in [1.54, 1.807) is 0 Å². The molecule has 0 amide bonds. The van der Waals surface area contributed by atoms with Crippen LogP contribution >= 0.6 is 15.8 Å². The first kappa shape index (κ1) is 23.4. The Kier molecular flexibility index (Phi) is 9.80. The predicted octanol–water partition coefficient (Wildman–Crippen LogP) is 5.26. The van der Waals surface area contributed by atoms with Gasteiger partial charge in [-0.15, -0.1) is 0 Å². The minimum Gasteiger partial charge on any atom is -0.0622 e. The average Bonchev–Trinajstić information content (AvgIpc) is 2.81. The predicted molar refractivity (Wildman–Crippen MR) is 138 cm³/mol. The van der Waals surface area contributed by atoms with E-state index in [1.807, 2.05) is 0 Å². The van der Waals surface area contributed by atoms with E-state index in [4.69, 9.17) is 0 Å². The standard InChI is InChI=1S/C27H26P2.Na/c1-5-14-24(15-6-1)28(25-16-7-2-8-17-25)22-13-23-29(26-18-9-3-10-19-26)27-20-11-4-12-21-27;/h1-12,14-21H,13,22-23H2;. The molecule has 0 heterocycles. The fraction of sp³-hybridized carbons (Fsp3) is 0.111. The minimum absolute atomic E-state index is 0. The van der Waals surface area contributed by atoms with Gasteiger partial charge >= 0.3 is 0 Å². The zero-order valence-corrected chi connectivity index (χ0v) is 21.4. The molecule has 0 saturated heterocycles. The summed E-state index contributed by atoms with van der Waals surface area (Å²) in [6, 6.07) is 44.3. The second kappa shape index (κ2) is 12.6. The van der Waals surface area contributed by atoms with E-state index >= 15 is 0 Å². The van der Waals surface area contributed by atoms with Crippen molar-refractivity contribution in [3.63, 3.8) is 0 Å². The molecule has 145 valence electrons. The Morgan fingerprint density at radius 2 is 0.600 bits per heavy atom. The van der Waals surface area contributed by atoms with Crippen molar-refractivity contribution in [1.29, 1.82) is 0 Å². The summed E-state index contributed by atoms with van der Waals surface area (Å²) >= 11 is 0. The first-order valence-electron chi connectivity index (χ1n) is 10.2. The molecule has 0 saturated carbocycles. The molecule has 0 atom stereocenters. The Morgan fingerprint density at radius 3 is 0.833 bits per heavy atom. The van der Waals surface area contributed by atoms with Crippen LogP contribution in [0.15, 0.2) is 121 Å². The maximum absolute atomic E-state index is 2.30. The fourth-order valence-electron chi connectivity index (χ4n) is 3.63. The maximum Gasteiger partial charge on any atom is 0 e. The average molecular weight is 435 g/mol. The molecule has 30 heavy (non-hydrogen) atoms. The van der Waals surface area contributed by atoms with Gasteiger partial charge in [0.05, 0.1) is 0 Å². The van der Waals surface area contributed by atoms with Gasteiger partial charge < -0.3 is 0 Å². The van der Waals surface area contributed by atoms with Gasteiger partial charge in [-0.1, -0.05) is 121 Å². The van der Waals surface area contributed by atoms with Crippen LogP contribution in [0.25, 0.3) is 0 Å². The van der Waals surface area contributed by atoms with E-state index in [2.05, 4.69) is 121 Å². The zero-order chi connectivity index (χ0) is 19.7. The molecule has 1 radical (unpaired) electrons. The van der Waals surface area contributed by atoms with Gasteiger partial charge in [0.25, 0.3) is 0 Å². The van der Waals surface area contributed by atoms with Crippen molar-refractivity contribution in [3.8, 4) is 0 Å². The summed E-state index contributed by atoms with van der Waals surface area (Å²) < 4.78 is 0. The Bertz CT molecular complexity index is 814. The molecule has 3 heteroatoms. The van der Waals surface area contributed by atoms with Gasteiger partial charge in [0.1, 0.15) is 0 Å². The third-order valence-electron chi connectivity index (χ3n) is 5.03. The summed E-state index contributed by atoms with van der Waals surface area (Å²) in [6.45, 7) is 0. The maximum atomic E-state index is 2.30. The SMILES string of the molecule is [Na].c1ccc(P(CCCP(c2ccccc2)c2ccccc2)c2ccccc2)cc1. The summed E-state index contributed by atoms with van der Waals surface area (Å²) in [6.07, 6.45) is 3.72. The minimum atomic E-state index is -0.309. The number of hydrogen-bond acceptors (Lipinski definition) is 0. The number of rotatable bonds is 8. The van der Waals surface area contributed by atoms with Crippen LogP contribution in [0, 0.1) is 0 Å². The van der Waals surface area contributed by atoms with Crippen molar-refractivity contribution in [3.05, 3.63) is 121 Å². The molecular formula is C27H26NaP2. The number of benzene rings is 4. The smallest absolute Gasteiger partial charge is 0 e. The van der Waals surface area contributed by atoms with Crippen molar-refractivity contribution in [1.82, 2.24) is 0 Å². The molecule has 4 aromatic carbocycles. The van der Waals surface area contributed by atoms with E-state index in [0.717, 1.165) is 0 Å². The Morgan fingerprint density at radius 1 is 0.367 bits per heavy atom. The molecule has 4 rings (SSSR count). The van der Waals surface area contributed by atoms with Crippen LogP contribution in [0.1, 0.15) is 6.42 Å². The van der Waals surface area contributed by atoms with Gasteiger partial charge in [0.2, 0.25) is 0 Å². The van der Waals surface area contributed by atoms with Crippen molar-refractivity contribution < 1.29 is 0 Å². The van der Waals surface area contributed by atoms with E-state index < -0.39 is 0 Å². The first-order chi connectivity index (χ1) is 14.4. The van der Waals surface area contributed by atoms with Gasteiger partial charge in [-0.3, -0.25) is 0 Å². The van der Waals surface area contributed by atoms with Gasteiger partial charge in [-0.05, 0) is 55.8 Å². The van der Waals surface area contributed by atoms with E-state index in [-0.39, 0.29) is 45.4 Å². The van der Waals surface area contributed by atoms with Crippen LogP contribution in [0.5, 0.6) is 0 Å². The third kappa shape index (κ3) is 6.37. The van der Waals surface area contributed by atoms with Gasteiger partial charge in [-0.25, -0.2) is 0 Å². The summed E-state index contributed by atoms with van der Waals surface area (Å²) in [5, 5.41) is 5.94. The van der Waals surface area contributed by atoms with Crippen LogP contribution in [-0.2, 0) is 0 Å². The molecule has 4 aromatic rings. The molecule has 0 aromatic heterocycles. The molecule has 0 aliphatic heterocycles. The molecule has 0 aliphatic carbocycles. The van der Waals surface area contributed by atoms with Crippen molar-refractivity contribution in [2.75, 3.05) is 12.3 Å². The van der Waals surface area contributed by atoms with Gasteiger partial charge in [0.15, 0.2) is 0 Å². The van der Waals surface area contributed by atoms with Crippen molar-refractivity contribution >= 4 is 66.6 Å². The quantitative estimate of drug-likeness (QED) is 0.262. The van der Waals surface area contributed by atoms with E-state index in [0.29, 0.717) is 0 Å². The van der Waals surface area contributed by atoms with E-state index in [1.165, 1.54) is 40.0 Å². The molecule has 0 bridgehead atoms. The number of hydrogen-bond donors (Lipinski definition) is 0.